The van der Waals surface area contributed by atoms with E-state index in [1.807, 2.05) is 0 Å². The maximum Gasteiger partial charge on any atom is 0.338 e. The lowest BCUT2D eigenvalue weighted by atomic mass is 10.2. The molecule has 0 aliphatic heterocycles. The number of amides is 1. The number of aromatic nitrogens is 4. The van der Waals surface area contributed by atoms with Crippen LogP contribution in [0.15, 0.2) is 54.9 Å². The van der Waals surface area contributed by atoms with E-state index in [2.05, 4.69) is 20.8 Å². The van der Waals surface area contributed by atoms with Gasteiger partial charge in [-0.15, -0.1) is 5.10 Å². The van der Waals surface area contributed by atoms with E-state index in [0.717, 1.165) is 0 Å². The van der Waals surface area contributed by atoms with Gasteiger partial charge in [-0.05, 0) is 59.0 Å². The Morgan fingerprint density at radius 2 is 1.80 bits per heavy atom. The smallest absolute Gasteiger partial charge is 0.338 e. The van der Waals surface area contributed by atoms with Crippen molar-refractivity contribution >= 4 is 17.6 Å². The molecular weight excluding hydrogens is 329 g/mol. The van der Waals surface area contributed by atoms with Crippen LogP contribution < -0.4 is 5.32 Å². The van der Waals surface area contributed by atoms with Gasteiger partial charge in [0.1, 0.15) is 12.1 Å². The first-order chi connectivity index (χ1) is 12.1. The number of carbonyl (C=O) groups excluding carboxylic acids is 2. The highest BCUT2D eigenvalue weighted by atomic mass is 19.1. The molecule has 8 nitrogen and oxygen atoms in total. The summed E-state index contributed by atoms with van der Waals surface area (Å²) < 4.78 is 19.2. The van der Waals surface area contributed by atoms with Crippen molar-refractivity contribution in [3.8, 4) is 5.69 Å². The third-order valence-corrected chi connectivity index (χ3v) is 3.18. The Hall–Kier alpha value is -3.62. The number of nitrogens with one attached hydrogen (secondary N) is 1. The van der Waals surface area contributed by atoms with E-state index in [-0.39, 0.29) is 5.56 Å². The molecule has 0 aliphatic carbocycles. The summed E-state index contributed by atoms with van der Waals surface area (Å²) in [5.41, 5.74) is 1.37. The largest absolute Gasteiger partial charge is 0.452 e. The maximum atomic E-state index is 12.8. The molecule has 0 aliphatic rings. The lowest BCUT2D eigenvalue weighted by Gasteiger charge is -2.07. The molecule has 0 spiro atoms. The molecule has 25 heavy (non-hydrogen) atoms. The molecule has 0 atom stereocenters. The number of halogens is 1. The van der Waals surface area contributed by atoms with Crippen molar-refractivity contribution in [1.29, 1.82) is 0 Å². The first-order valence-corrected chi connectivity index (χ1v) is 7.18. The Morgan fingerprint density at radius 1 is 1.08 bits per heavy atom. The zero-order valence-corrected chi connectivity index (χ0v) is 12.8. The third kappa shape index (κ3) is 4.22. The standard InChI is InChI=1S/C16H12FN5O3/c17-12-3-5-13(6-4-12)19-15(23)9-25-16(24)11-1-7-14(8-2-11)22-10-18-20-21-22/h1-8,10H,9H2,(H,19,23). The van der Waals surface area contributed by atoms with Crippen molar-refractivity contribution in [2.75, 3.05) is 11.9 Å². The first-order valence-electron chi connectivity index (χ1n) is 7.18. The van der Waals surface area contributed by atoms with Gasteiger partial charge < -0.3 is 10.1 Å². The Kier molecular flexibility index (Phi) is 4.74. The first kappa shape index (κ1) is 16.2. The number of hydrogen-bond donors (Lipinski definition) is 1. The van der Waals surface area contributed by atoms with Gasteiger partial charge in [-0.2, -0.15) is 0 Å². The number of carbonyl (C=O) groups is 2. The van der Waals surface area contributed by atoms with Crippen LogP contribution in [0.3, 0.4) is 0 Å². The molecular formula is C16H12FN5O3. The highest BCUT2D eigenvalue weighted by Crippen LogP contribution is 2.10. The van der Waals surface area contributed by atoms with Crippen LogP contribution in [-0.4, -0.2) is 38.7 Å². The van der Waals surface area contributed by atoms with E-state index >= 15 is 0 Å². The van der Waals surface area contributed by atoms with Crippen molar-refractivity contribution in [3.63, 3.8) is 0 Å². The minimum Gasteiger partial charge on any atom is -0.452 e. The molecule has 0 bridgehead atoms. The molecule has 1 amide bonds. The summed E-state index contributed by atoms with van der Waals surface area (Å²) in [7, 11) is 0. The molecule has 0 saturated carbocycles. The Labute approximate surface area is 141 Å². The van der Waals surface area contributed by atoms with Crippen LogP contribution in [0, 0.1) is 5.82 Å². The second-order valence-corrected chi connectivity index (χ2v) is 4.93. The van der Waals surface area contributed by atoms with Crippen LogP contribution in [0.4, 0.5) is 10.1 Å². The van der Waals surface area contributed by atoms with Crippen LogP contribution in [0.5, 0.6) is 0 Å². The zero-order chi connectivity index (χ0) is 17.6. The summed E-state index contributed by atoms with van der Waals surface area (Å²) in [6, 6.07) is 11.6. The number of hydrogen-bond acceptors (Lipinski definition) is 6. The molecule has 3 rings (SSSR count). The maximum absolute atomic E-state index is 12.8. The van der Waals surface area contributed by atoms with Crippen LogP contribution in [0.2, 0.25) is 0 Å². The summed E-state index contributed by atoms with van der Waals surface area (Å²) in [4.78, 5) is 23.7. The molecule has 0 radical (unpaired) electrons. The lowest BCUT2D eigenvalue weighted by Crippen LogP contribution is -2.20. The van der Waals surface area contributed by atoms with E-state index in [0.29, 0.717) is 11.4 Å². The van der Waals surface area contributed by atoms with E-state index in [1.54, 1.807) is 12.1 Å². The quantitative estimate of drug-likeness (QED) is 0.708. The lowest BCUT2D eigenvalue weighted by molar-refractivity contribution is -0.119. The predicted octanol–water partition coefficient (Wildman–Crippen LogP) is 1.60. The average Bonchev–Trinajstić information content (AvgIpc) is 3.16. The van der Waals surface area contributed by atoms with Gasteiger partial charge in [0, 0.05) is 5.69 Å². The van der Waals surface area contributed by atoms with Crippen LogP contribution in [-0.2, 0) is 9.53 Å². The third-order valence-electron chi connectivity index (χ3n) is 3.18. The van der Waals surface area contributed by atoms with Crippen LogP contribution in [0.25, 0.3) is 5.69 Å². The second-order valence-electron chi connectivity index (χ2n) is 4.93. The number of benzene rings is 2. The number of tetrazole rings is 1. The highest BCUT2D eigenvalue weighted by molar-refractivity contribution is 5.95. The SMILES string of the molecule is O=C(COC(=O)c1ccc(-n2cnnn2)cc1)Nc1ccc(F)cc1. The summed E-state index contributed by atoms with van der Waals surface area (Å²) in [6.45, 7) is -0.453. The Bertz CT molecular complexity index is 864. The molecule has 3 aromatic rings. The number of anilines is 1. The van der Waals surface area contributed by atoms with Crippen molar-refractivity contribution in [2.45, 2.75) is 0 Å². The summed E-state index contributed by atoms with van der Waals surface area (Å²) in [5.74, 6) is -1.57. The van der Waals surface area contributed by atoms with Crippen molar-refractivity contribution in [2.24, 2.45) is 0 Å². The van der Waals surface area contributed by atoms with Crippen LogP contribution >= 0.6 is 0 Å². The predicted molar refractivity (Wildman–Crippen MR) is 84.5 cm³/mol. The zero-order valence-electron chi connectivity index (χ0n) is 12.8. The van der Waals surface area contributed by atoms with Crippen LogP contribution in [0.1, 0.15) is 10.4 Å². The van der Waals surface area contributed by atoms with Crippen molar-refractivity contribution < 1.29 is 18.7 Å². The van der Waals surface area contributed by atoms with Gasteiger partial charge in [0.15, 0.2) is 6.61 Å². The number of rotatable bonds is 5. The van der Waals surface area contributed by atoms with Gasteiger partial charge in [-0.1, -0.05) is 0 Å². The second kappa shape index (κ2) is 7.30. The number of esters is 1. The summed E-state index contributed by atoms with van der Waals surface area (Å²) >= 11 is 0. The minimum atomic E-state index is -0.641. The Balaban J connectivity index is 1.53. The molecule has 2 aromatic carbocycles. The van der Waals surface area contributed by atoms with E-state index in [1.165, 1.54) is 47.4 Å². The van der Waals surface area contributed by atoms with E-state index in [4.69, 9.17) is 4.74 Å². The fourth-order valence-electron chi connectivity index (χ4n) is 1.97. The molecule has 1 heterocycles. The van der Waals surface area contributed by atoms with Gasteiger partial charge >= 0.3 is 5.97 Å². The highest BCUT2D eigenvalue weighted by Gasteiger charge is 2.11. The van der Waals surface area contributed by atoms with Gasteiger partial charge in [-0.25, -0.2) is 13.9 Å². The molecule has 126 valence electrons. The Morgan fingerprint density at radius 3 is 2.44 bits per heavy atom. The van der Waals surface area contributed by atoms with Gasteiger partial charge in [-0.3, -0.25) is 4.79 Å². The van der Waals surface area contributed by atoms with Crippen molar-refractivity contribution in [1.82, 2.24) is 20.2 Å². The average molecular weight is 341 g/mol. The fraction of sp³-hybridized carbons (Fsp3) is 0.0625. The van der Waals surface area contributed by atoms with Gasteiger partial charge in [0.05, 0.1) is 11.3 Å². The van der Waals surface area contributed by atoms with Gasteiger partial charge in [0.2, 0.25) is 0 Å². The monoisotopic (exact) mass is 341 g/mol. The molecule has 9 heteroatoms. The molecule has 0 fully saturated rings. The van der Waals surface area contributed by atoms with Gasteiger partial charge in [0.25, 0.3) is 5.91 Å². The number of ether oxygens (including phenoxy) is 1. The van der Waals surface area contributed by atoms with Crippen molar-refractivity contribution in [3.05, 3.63) is 66.2 Å². The summed E-state index contributed by atoms with van der Waals surface area (Å²) in [5, 5.41) is 13.3. The van der Waals surface area contributed by atoms with E-state index < -0.39 is 24.3 Å². The molecule has 1 N–H and O–H groups in total. The normalized spacial score (nSPS) is 10.3. The molecule has 0 saturated heterocycles. The number of nitrogens with zero attached hydrogens (tertiary/aromatic N) is 4. The topological polar surface area (TPSA) is 99.0 Å². The molecule has 0 unspecified atom stereocenters. The fourth-order valence-corrected chi connectivity index (χ4v) is 1.97. The van der Waals surface area contributed by atoms with E-state index in [9.17, 15) is 14.0 Å². The minimum absolute atomic E-state index is 0.284. The molecule has 1 aromatic heterocycles. The summed E-state index contributed by atoms with van der Waals surface area (Å²) in [6.07, 6.45) is 1.42.